The van der Waals surface area contributed by atoms with Crippen LogP contribution < -0.4 is 4.90 Å². The number of benzene rings is 2. The van der Waals surface area contributed by atoms with Crippen LogP contribution >= 0.6 is 0 Å². The van der Waals surface area contributed by atoms with Gasteiger partial charge in [-0.05, 0) is 55.3 Å². The number of aromatic nitrogens is 2. The van der Waals surface area contributed by atoms with Crippen molar-refractivity contribution in [2.45, 2.75) is 26.8 Å². The van der Waals surface area contributed by atoms with Gasteiger partial charge >= 0.3 is 5.97 Å². The molecule has 31 heavy (non-hydrogen) atoms. The van der Waals surface area contributed by atoms with Crippen LogP contribution in [0.3, 0.4) is 0 Å². The second kappa shape index (κ2) is 8.98. The molecule has 7 heteroatoms. The molecule has 2 heterocycles. The number of rotatable bonds is 5. The average molecular weight is 423 g/mol. The molecule has 0 aliphatic carbocycles. The molecule has 0 bridgehead atoms. The first kappa shape index (κ1) is 21.2. The van der Waals surface area contributed by atoms with Gasteiger partial charge in [-0.15, -0.1) is 0 Å². The monoisotopic (exact) mass is 423 g/mol. The number of carbonyl (C=O) groups excluding carboxylic acids is 1. The Morgan fingerprint density at radius 2 is 1.97 bits per heavy atom. The molecule has 3 aromatic rings. The van der Waals surface area contributed by atoms with E-state index >= 15 is 0 Å². The van der Waals surface area contributed by atoms with Crippen LogP contribution in [0.15, 0.2) is 42.5 Å². The molecule has 0 saturated carbocycles. The van der Waals surface area contributed by atoms with E-state index in [1.807, 2.05) is 13.8 Å². The molecule has 0 spiro atoms. The summed E-state index contributed by atoms with van der Waals surface area (Å²) in [5, 5.41) is 0. The van der Waals surface area contributed by atoms with Gasteiger partial charge in [0.25, 0.3) is 0 Å². The molecule has 162 valence electrons. The van der Waals surface area contributed by atoms with Crippen LogP contribution in [0.1, 0.15) is 31.1 Å². The molecule has 1 aliphatic heterocycles. The number of morpholine rings is 1. The zero-order valence-electron chi connectivity index (χ0n) is 18.0. The molecule has 4 rings (SSSR count). The van der Waals surface area contributed by atoms with Gasteiger partial charge < -0.3 is 14.4 Å². The van der Waals surface area contributed by atoms with Gasteiger partial charge in [-0.25, -0.2) is 19.2 Å². The highest BCUT2D eigenvalue weighted by Crippen LogP contribution is 2.32. The lowest BCUT2D eigenvalue weighted by Crippen LogP contribution is -2.44. The Labute approximate surface area is 181 Å². The molecule has 2 aromatic carbocycles. The third kappa shape index (κ3) is 4.66. The van der Waals surface area contributed by atoms with Gasteiger partial charge in [-0.1, -0.05) is 13.8 Å². The maximum atomic E-state index is 13.5. The lowest BCUT2D eigenvalue weighted by Gasteiger charge is -2.35. The largest absolute Gasteiger partial charge is 0.462 e. The third-order valence-corrected chi connectivity index (χ3v) is 5.19. The maximum Gasteiger partial charge on any atom is 0.338 e. The minimum absolute atomic E-state index is 0.110. The zero-order valence-corrected chi connectivity index (χ0v) is 18.0. The highest BCUT2D eigenvalue weighted by Gasteiger charge is 2.25. The molecule has 1 saturated heterocycles. The quantitative estimate of drug-likeness (QED) is 0.564. The molecule has 1 aromatic heterocycles. The van der Waals surface area contributed by atoms with Crippen molar-refractivity contribution in [3.63, 3.8) is 0 Å². The Morgan fingerprint density at radius 3 is 2.68 bits per heavy atom. The van der Waals surface area contributed by atoms with Gasteiger partial charge in [0.2, 0.25) is 0 Å². The van der Waals surface area contributed by atoms with Crippen molar-refractivity contribution in [3.05, 3.63) is 53.8 Å². The Balaban J connectivity index is 1.80. The van der Waals surface area contributed by atoms with Crippen LogP contribution in [0.4, 0.5) is 10.2 Å². The molecule has 1 fully saturated rings. The number of anilines is 1. The van der Waals surface area contributed by atoms with E-state index in [4.69, 9.17) is 19.4 Å². The van der Waals surface area contributed by atoms with Crippen molar-refractivity contribution in [2.75, 3.05) is 31.3 Å². The van der Waals surface area contributed by atoms with Crippen molar-refractivity contribution in [2.24, 2.45) is 5.92 Å². The molecule has 0 amide bonds. The molecular weight excluding hydrogens is 397 g/mol. The highest BCUT2D eigenvalue weighted by molar-refractivity contribution is 5.94. The van der Waals surface area contributed by atoms with E-state index in [2.05, 4.69) is 11.8 Å². The summed E-state index contributed by atoms with van der Waals surface area (Å²) in [4.78, 5) is 24.3. The summed E-state index contributed by atoms with van der Waals surface area (Å²) in [6.07, 6.45) is 0. The van der Waals surface area contributed by atoms with Crippen LogP contribution in [0, 0.1) is 11.7 Å². The summed E-state index contributed by atoms with van der Waals surface area (Å²) in [5.41, 5.74) is 3.17. The zero-order chi connectivity index (χ0) is 22.0. The smallest absolute Gasteiger partial charge is 0.338 e. The van der Waals surface area contributed by atoms with Crippen LogP contribution in [0.5, 0.6) is 0 Å². The van der Waals surface area contributed by atoms with Crippen LogP contribution in [-0.2, 0) is 9.47 Å². The van der Waals surface area contributed by atoms with Crippen molar-refractivity contribution < 1.29 is 18.7 Å². The van der Waals surface area contributed by atoms with Gasteiger partial charge in [0.15, 0.2) is 5.82 Å². The number of carbonyl (C=O) groups is 1. The molecule has 0 N–H and O–H groups in total. The van der Waals surface area contributed by atoms with Gasteiger partial charge in [-0.2, -0.15) is 0 Å². The Hall–Kier alpha value is -3.06. The minimum atomic E-state index is -0.374. The van der Waals surface area contributed by atoms with E-state index in [-0.39, 0.29) is 23.7 Å². The number of halogens is 1. The molecule has 1 aliphatic rings. The number of nitrogens with zero attached hydrogens (tertiary/aromatic N) is 3. The fourth-order valence-electron chi connectivity index (χ4n) is 3.54. The molecule has 0 radical (unpaired) electrons. The van der Waals surface area contributed by atoms with E-state index in [0.717, 1.165) is 5.56 Å². The summed E-state index contributed by atoms with van der Waals surface area (Å²) in [6.45, 7) is 8.27. The topological polar surface area (TPSA) is 64.5 Å². The SMILES string of the molecule is CC(C)COC(=O)c1ccc2nc(-c3ccc(F)cc3)c(N3CCOC[C@@H]3C)nc2c1. The van der Waals surface area contributed by atoms with Crippen LogP contribution in [0.25, 0.3) is 22.3 Å². The summed E-state index contributed by atoms with van der Waals surface area (Å²) < 4.78 is 24.4. The van der Waals surface area contributed by atoms with E-state index in [9.17, 15) is 9.18 Å². The van der Waals surface area contributed by atoms with Crippen LogP contribution in [-0.4, -0.2) is 48.3 Å². The second-order valence-corrected chi connectivity index (χ2v) is 8.22. The van der Waals surface area contributed by atoms with Crippen molar-refractivity contribution in [1.82, 2.24) is 9.97 Å². The normalized spacial score (nSPS) is 16.7. The number of fused-ring (bicyclic) bond motifs is 1. The first-order chi connectivity index (χ1) is 14.9. The Morgan fingerprint density at radius 1 is 1.19 bits per heavy atom. The average Bonchev–Trinajstić information content (AvgIpc) is 2.77. The number of ether oxygens (including phenoxy) is 2. The summed E-state index contributed by atoms with van der Waals surface area (Å²) in [6, 6.07) is 11.5. The first-order valence-electron chi connectivity index (χ1n) is 10.5. The third-order valence-electron chi connectivity index (χ3n) is 5.19. The molecular formula is C24H26FN3O3. The number of hydrogen-bond acceptors (Lipinski definition) is 6. The second-order valence-electron chi connectivity index (χ2n) is 8.22. The van der Waals surface area contributed by atoms with E-state index in [0.29, 0.717) is 54.5 Å². The fourth-order valence-corrected chi connectivity index (χ4v) is 3.54. The highest BCUT2D eigenvalue weighted by atomic mass is 19.1. The van der Waals surface area contributed by atoms with Gasteiger partial charge in [0.05, 0.1) is 42.5 Å². The van der Waals surface area contributed by atoms with Gasteiger partial charge in [0, 0.05) is 12.1 Å². The number of esters is 1. The first-order valence-corrected chi connectivity index (χ1v) is 10.5. The molecule has 1 atom stereocenters. The predicted octanol–water partition coefficient (Wildman–Crippen LogP) is 4.47. The Kier molecular flexibility index (Phi) is 6.13. The maximum absolute atomic E-state index is 13.5. The fraction of sp³-hybridized carbons (Fsp3) is 0.375. The molecule has 6 nitrogen and oxygen atoms in total. The lowest BCUT2D eigenvalue weighted by atomic mass is 10.1. The van der Waals surface area contributed by atoms with E-state index in [1.165, 1.54) is 12.1 Å². The van der Waals surface area contributed by atoms with Crippen LogP contribution in [0.2, 0.25) is 0 Å². The van der Waals surface area contributed by atoms with Crippen molar-refractivity contribution in [3.8, 4) is 11.3 Å². The van der Waals surface area contributed by atoms with Crippen molar-refractivity contribution >= 4 is 22.8 Å². The predicted molar refractivity (Wildman–Crippen MR) is 118 cm³/mol. The lowest BCUT2D eigenvalue weighted by molar-refractivity contribution is 0.0459. The van der Waals surface area contributed by atoms with Gasteiger partial charge in [-0.3, -0.25) is 0 Å². The minimum Gasteiger partial charge on any atom is -0.462 e. The summed E-state index contributed by atoms with van der Waals surface area (Å²) in [7, 11) is 0. The summed E-state index contributed by atoms with van der Waals surface area (Å²) >= 11 is 0. The van der Waals surface area contributed by atoms with Crippen molar-refractivity contribution in [1.29, 1.82) is 0 Å². The van der Waals surface area contributed by atoms with E-state index in [1.54, 1.807) is 30.3 Å². The summed E-state index contributed by atoms with van der Waals surface area (Å²) in [5.74, 6) is 0.282. The van der Waals surface area contributed by atoms with E-state index < -0.39 is 0 Å². The van der Waals surface area contributed by atoms with Gasteiger partial charge in [0.1, 0.15) is 11.5 Å². The number of hydrogen-bond donors (Lipinski definition) is 0. The standard InChI is InChI=1S/C24H26FN3O3/c1-15(2)13-31-24(29)18-6-9-20-21(12-18)27-23(28-10-11-30-14-16(28)3)22(26-20)17-4-7-19(25)8-5-17/h4-9,12,15-16H,10-11,13-14H2,1-3H3/t16-/m0/s1. The molecule has 0 unspecified atom stereocenters. The Bertz CT molecular complexity index is 1090.